The minimum Gasteiger partial charge on any atom is -0.454 e. The monoisotopic (exact) mass is 392 g/mol. The van der Waals surface area contributed by atoms with Crippen LogP contribution in [0.2, 0.25) is 0 Å². The quantitative estimate of drug-likeness (QED) is 0.661. The van der Waals surface area contributed by atoms with Gasteiger partial charge in [-0.25, -0.2) is 14.6 Å². The van der Waals surface area contributed by atoms with Crippen LogP contribution in [0.1, 0.15) is 5.56 Å². The van der Waals surface area contributed by atoms with Gasteiger partial charge in [-0.05, 0) is 23.8 Å². The molecule has 0 saturated carbocycles. The molecule has 3 aromatic rings. The van der Waals surface area contributed by atoms with Crippen LogP contribution in [0.4, 0.5) is 5.82 Å². The van der Waals surface area contributed by atoms with Crippen LogP contribution in [-0.4, -0.2) is 63.5 Å². The third kappa shape index (κ3) is 3.58. The molecule has 9 heteroatoms. The van der Waals surface area contributed by atoms with Gasteiger partial charge in [0.25, 0.3) is 0 Å². The van der Waals surface area contributed by atoms with Crippen molar-refractivity contribution in [3.05, 3.63) is 54.6 Å². The van der Waals surface area contributed by atoms with E-state index in [9.17, 15) is 4.79 Å². The van der Waals surface area contributed by atoms with Crippen LogP contribution in [0.25, 0.3) is 5.82 Å². The molecular weight excluding hydrogens is 372 g/mol. The Morgan fingerprint density at radius 3 is 2.66 bits per heavy atom. The highest BCUT2D eigenvalue weighted by Crippen LogP contribution is 2.32. The van der Waals surface area contributed by atoms with Crippen molar-refractivity contribution in [1.29, 1.82) is 0 Å². The van der Waals surface area contributed by atoms with Crippen molar-refractivity contribution in [2.45, 2.75) is 6.42 Å². The lowest BCUT2D eigenvalue weighted by atomic mass is 10.1. The fourth-order valence-corrected chi connectivity index (χ4v) is 3.56. The average molecular weight is 392 g/mol. The number of ether oxygens (including phenoxy) is 2. The molecule has 0 spiro atoms. The second-order valence-electron chi connectivity index (χ2n) is 6.92. The molecule has 9 nitrogen and oxygen atoms in total. The fourth-order valence-electron chi connectivity index (χ4n) is 3.56. The van der Waals surface area contributed by atoms with Crippen LogP contribution in [0.15, 0.2) is 49.1 Å². The molecule has 2 aliphatic rings. The smallest absolute Gasteiger partial charge is 0.231 e. The summed E-state index contributed by atoms with van der Waals surface area (Å²) in [5.41, 5.74) is 0.932. The fraction of sp³-hybridized carbons (Fsp3) is 0.300. The van der Waals surface area contributed by atoms with Crippen molar-refractivity contribution in [1.82, 2.24) is 24.6 Å². The molecule has 0 unspecified atom stereocenters. The van der Waals surface area contributed by atoms with Gasteiger partial charge < -0.3 is 19.3 Å². The molecule has 29 heavy (non-hydrogen) atoms. The Morgan fingerprint density at radius 1 is 1.00 bits per heavy atom. The molecule has 0 atom stereocenters. The number of carbonyl (C=O) groups excluding carboxylic acids is 1. The van der Waals surface area contributed by atoms with Gasteiger partial charge in [-0.2, -0.15) is 5.10 Å². The maximum Gasteiger partial charge on any atom is 0.231 e. The highest BCUT2D eigenvalue weighted by molar-refractivity contribution is 5.79. The Morgan fingerprint density at radius 2 is 1.83 bits per heavy atom. The number of hydrogen-bond acceptors (Lipinski definition) is 7. The molecule has 1 aromatic carbocycles. The Labute approximate surface area is 167 Å². The summed E-state index contributed by atoms with van der Waals surface area (Å²) >= 11 is 0. The Balaban J connectivity index is 1.20. The number of rotatable bonds is 4. The summed E-state index contributed by atoms with van der Waals surface area (Å²) in [7, 11) is 0. The first-order valence-electron chi connectivity index (χ1n) is 9.49. The first kappa shape index (κ1) is 17.5. The van der Waals surface area contributed by atoms with E-state index in [2.05, 4.69) is 20.0 Å². The lowest BCUT2D eigenvalue weighted by molar-refractivity contribution is -0.130. The summed E-state index contributed by atoms with van der Waals surface area (Å²) in [6.45, 7) is 3.00. The number of amides is 1. The second kappa shape index (κ2) is 7.42. The average Bonchev–Trinajstić information content (AvgIpc) is 3.46. The van der Waals surface area contributed by atoms with E-state index in [4.69, 9.17) is 9.47 Å². The van der Waals surface area contributed by atoms with E-state index < -0.39 is 0 Å². The zero-order valence-corrected chi connectivity index (χ0v) is 15.8. The molecule has 1 fully saturated rings. The van der Waals surface area contributed by atoms with Gasteiger partial charge in [0.05, 0.1) is 6.42 Å². The number of fused-ring (bicyclic) bond motifs is 1. The van der Waals surface area contributed by atoms with E-state index in [-0.39, 0.29) is 12.7 Å². The summed E-state index contributed by atoms with van der Waals surface area (Å²) in [5, 5.41) is 4.21. The summed E-state index contributed by atoms with van der Waals surface area (Å²) in [5.74, 6) is 3.11. The number of carbonyl (C=O) groups is 1. The minimum atomic E-state index is 0.114. The third-order valence-electron chi connectivity index (χ3n) is 5.13. The molecule has 148 valence electrons. The number of benzene rings is 1. The van der Waals surface area contributed by atoms with Crippen molar-refractivity contribution < 1.29 is 14.3 Å². The number of hydrogen-bond donors (Lipinski definition) is 0. The van der Waals surface area contributed by atoms with Crippen LogP contribution in [0, 0.1) is 0 Å². The Bertz CT molecular complexity index is 1010. The second-order valence-corrected chi connectivity index (χ2v) is 6.92. The standard InChI is InChI=1S/C20H20N6O3/c27-20(11-15-2-3-16-17(10-15)29-14-28-16)25-8-6-24(7-9-25)18-12-19(22-13-21-18)26-5-1-4-23-26/h1-5,10,12-13H,6-9,11,14H2. The van der Waals surface area contributed by atoms with Crippen LogP contribution in [-0.2, 0) is 11.2 Å². The highest BCUT2D eigenvalue weighted by atomic mass is 16.7. The molecule has 4 heterocycles. The molecule has 0 aliphatic carbocycles. The first-order valence-corrected chi connectivity index (χ1v) is 9.49. The zero-order valence-electron chi connectivity index (χ0n) is 15.8. The number of aromatic nitrogens is 4. The number of piperazine rings is 1. The Hall–Kier alpha value is -3.62. The van der Waals surface area contributed by atoms with Gasteiger partial charge in [0, 0.05) is 44.6 Å². The van der Waals surface area contributed by atoms with Gasteiger partial charge in [0.15, 0.2) is 17.3 Å². The van der Waals surface area contributed by atoms with Crippen molar-refractivity contribution in [2.75, 3.05) is 37.9 Å². The molecule has 0 bridgehead atoms. The summed E-state index contributed by atoms with van der Waals surface area (Å²) < 4.78 is 12.4. The van der Waals surface area contributed by atoms with Crippen LogP contribution >= 0.6 is 0 Å². The first-order chi connectivity index (χ1) is 14.3. The predicted octanol–water partition coefficient (Wildman–Crippen LogP) is 1.28. The minimum absolute atomic E-state index is 0.114. The van der Waals surface area contributed by atoms with Crippen molar-refractivity contribution in [2.24, 2.45) is 0 Å². The van der Waals surface area contributed by atoms with E-state index in [1.165, 1.54) is 0 Å². The van der Waals surface area contributed by atoms with Crippen molar-refractivity contribution >= 4 is 11.7 Å². The molecule has 2 aliphatic heterocycles. The maximum atomic E-state index is 12.7. The topological polar surface area (TPSA) is 85.6 Å². The SMILES string of the molecule is O=C(Cc1ccc2c(c1)OCO2)N1CCN(c2cc(-n3cccn3)ncn2)CC1. The molecule has 2 aromatic heterocycles. The van der Waals surface area contributed by atoms with Gasteiger partial charge in [0.2, 0.25) is 12.7 Å². The van der Waals surface area contributed by atoms with Crippen LogP contribution < -0.4 is 14.4 Å². The highest BCUT2D eigenvalue weighted by Gasteiger charge is 2.23. The van der Waals surface area contributed by atoms with Crippen molar-refractivity contribution in [3.8, 4) is 17.3 Å². The van der Waals surface area contributed by atoms with Gasteiger partial charge in [0.1, 0.15) is 12.1 Å². The number of nitrogens with zero attached hydrogens (tertiary/aromatic N) is 6. The summed E-state index contributed by atoms with van der Waals surface area (Å²) in [6, 6.07) is 9.42. The normalized spacial score (nSPS) is 15.6. The third-order valence-corrected chi connectivity index (χ3v) is 5.13. The Kier molecular flexibility index (Phi) is 4.47. The van der Waals surface area contributed by atoms with Gasteiger partial charge in [-0.1, -0.05) is 6.07 Å². The van der Waals surface area contributed by atoms with Gasteiger partial charge >= 0.3 is 0 Å². The van der Waals surface area contributed by atoms with Crippen molar-refractivity contribution in [3.63, 3.8) is 0 Å². The maximum absolute atomic E-state index is 12.7. The number of anilines is 1. The van der Waals surface area contributed by atoms with E-state index in [0.717, 1.165) is 36.0 Å². The summed E-state index contributed by atoms with van der Waals surface area (Å²) in [6.07, 6.45) is 5.46. The lowest BCUT2D eigenvalue weighted by Gasteiger charge is -2.35. The molecule has 5 rings (SSSR count). The predicted molar refractivity (Wildman–Crippen MR) is 104 cm³/mol. The molecule has 0 N–H and O–H groups in total. The molecule has 0 radical (unpaired) electrons. The van der Waals surface area contributed by atoms with Gasteiger partial charge in [-0.3, -0.25) is 4.79 Å². The largest absolute Gasteiger partial charge is 0.454 e. The van der Waals surface area contributed by atoms with Crippen LogP contribution in [0.5, 0.6) is 11.5 Å². The van der Waals surface area contributed by atoms with E-state index in [1.54, 1.807) is 17.2 Å². The molecule has 1 amide bonds. The summed E-state index contributed by atoms with van der Waals surface area (Å²) in [4.78, 5) is 25.4. The lowest BCUT2D eigenvalue weighted by Crippen LogP contribution is -2.49. The van der Waals surface area contributed by atoms with E-state index >= 15 is 0 Å². The van der Waals surface area contributed by atoms with Gasteiger partial charge in [-0.15, -0.1) is 0 Å². The zero-order chi connectivity index (χ0) is 19.6. The molecular formula is C20H20N6O3. The van der Waals surface area contributed by atoms with Crippen LogP contribution in [0.3, 0.4) is 0 Å². The molecule has 1 saturated heterocycles. The van der Waals surface area contributed by atoms with E-state index in [0.29, 0.717) is 25.3 Å². The van der Waals surface area contributed by atoms with E-state index in [1.807, 2.05) is 41.4 Å².